The molecule has 0 saturated heterocycles. The van der Waals surface area contributed by atoms with Gasteiger partial charge in [-0.1, -0.05) is 18.2 Å². The molecule has 0 aliphatic rings. The Hall–Kier alpha value is -1.94. The van der Waals surface area contributed by atoms with Crippen LogP contribution in [0.4, 0.5) is 0 Å². The second-order valence-corrected chi connectivity index (χ2v) is 4.51. The van der Waals surface area contributed by atoms with E-state index in [1.54, 1.807) is 30.8 Å². The van der Waals surface area contributed by atoms with Gasteiger partial charge in [-0.25, -0.2) is 4.68 Å². The van der Waals surface area contributed by atoms with Crippen molar-refractivity contribution in [1.82, 2.24) is 9.78 Å². The average molecular weight is 244 g/mol. The molecule has 0 aliphatic heterocycles. The van der Waals surface area contributed by atoms with Gasteiger partial charge in [0, 0.05) is 7.11 Å². The standard InChI is InChI=1S/C14H16N2O2/c1-14(2,18-3)13(17)12-9-10-15-16(12)11-7-5-4-6-8-11/h4-10H,1-3H3. The Kier molecular flexibility index (Phi) is 3.30. The number of para-hydroxylation sites is 1. The molecule has 1 heterocycles. The fourth-order valence-electron chi connectivity index (χ4n) is 1.65. The fraction of sp³-hybridized carbons (Fsp3) is 0.286. The molecule has 2 rings (SSSR count). The Balaban J connectivity index is 2.44. The summed E-state index contributed by atoms with van der Waals surface area (Å²) in [6.07, 6.45) is 1.62. The van der Waals surface area contributed by atoms with Crippen molar-refractivity contribution >= 4 is 5.78 Å². The van der Waals surface area contributed by atoms with Crippen LogP contribution in [0.15, 0.2) is 42.6 Å². The van der Waals surface area contributed by atoms with Crippen LogP contribution in [-0.4, -0.2) is 28.3 Å². The number of nitrogens with zero attached hydrogens (tertiary/aromatic N) is 2. The lowest BCUT2D eigenvalue weighted by atomic mass is 10.0. The van der Waals surface area contributed by atoms with Gasteiger partial charge in [0.15, 0.2) is 0 Å². The molecule has 0 aliphatic carbocycles. The highest BCUT2D eigenvalue weighted by molar-refractivity contribution is 6.01. The van der Waals surface area contributed by atoms with E-state index in [-0.39, 0.29) is 5.78 Å². The predicted molar refractivity (Wildman–Crippen MR) is 69.0 cm³/mol. The van der Waals surface area contributed by atoms with Crippen LogP contribution in [0, 0.1) is 0 Å². The number of benzene rings is 1. The van der Waals surface area contributed by atoms with Crippen LogP contribution < -0.4 is 0 Å². The SMILES string of the molecule is COC(C)(C)C(=O)c1ccnn1-c1ccccc1. The van der Waals surface area contributed by atoms with Crippen LogP contribution in [0.3, 0.4) is 0 Å². The molecule has 0 radical (unpaired) electrons. The zero-order valence-corrected chi connectivity index (χ0v) is 10.8. The van der Waals surface area contributed by atoms with E-state index in [2.05, 4.69) is 5.10 Å². The Bertz CT molecular complexity index is 544. The van der Waals surface area contributed by atoms with Gasteiger partial charge >= 0.3 is 0 Å². The first-order valence-electron chi connectivity index (χ1n) is 5.75. The van der Waals surface area contributed by atoms with E-state index in [9.17, 15) is 4.79 Å². The minimum atomic E-state index is -0.855. The number of methoxy groups -OCH3 is 1. The van der Waals surface area contributed by atoms with Gasteiger partial charge in [-0.05, 0) is 32.0 Å². The second-order valence-electron chi connectivity index (χ2n) is 4.51. The van der Waals surface area contributed by atoms with Gasteiger partial charge in [-0.2, -0.15) is 5.10 Å². The van der Waals surface area contributed by atoms with Crippen molar-refractivity contribution in [2.75, 3.05) is 7.11 Å². The van der Waals surface area contributed by atoms with E-state index >= 15 is 0 Å². The van der Waals surface area contributed by atoms with E-state index in [4.69, 9.17) is 4.74 Å². The molecule has 0 saturated carbocycles. The number of hydrogen-bond donors (Lipinski definition) is 0. The number of Topliss-reactive ketones (excluding diaryl/α,β-unsaturated/α-hetero) is 1. The summed E-state index contributed by atoms with van der Waals surface area (Å²) in [5.74, 6) is -0.0913. The molecule has 0 spiro atoms. The van der Waals surface area contributed by atoms with Crippen molar-refractivity contribution < 1.29 is 9.53 Å². The summed E-state index contributed by atoms with van der Waals surface area (Å²) in [6, 6.07) is 11.3. The summed E-state index contributed by atoms with van der Waals surface area (Å²) in [4.78, 5) is 12.4. The Morgan fingerprint density at radius 1 is 1.22 bits per heavy atom. The largest absolute Gasteiger partial charge is 0.371 e. The summed E-state index contributed by atoms with van der Waals surface area (Å²) in [6.45, 7) is 3.50. The Morgan fingerprint density at radius 3 is 2.50 bits per heavy atom. The third kappa shape index (κ3) is 2.19. The van der Waals surface area contributed by atoms with Gasteiger partial charge in [0.05, 0.1) is 11.9 Å². The summed E-state index contributed by atoms with van der Waals surface area (Å²) >= 11 is 0. The van der Waals surface area contributed by atoms with Crippen molar-refractivity contribution in [1.29, 1.82) is 0 Å². The topological polar surface area (TPSA) is 44.1 Å². The molecule has 0 fully saturated rings. The third-order valence-electron chi connectivity index (χ3n) is 2.93. The molecular formula is C14H16N2O2. The van der Waals surface area contributed by atoms with Gasteiger partial charge in [0.1, 0.15) is 11.3 Å². The number of hydrogen-bond acceptors (Lipinski definition) is 3. The third-order valence-corrected chi connectivity index (χ3v) is 2.93. The first-order chi connectivity index (χ1) is 8.56. The van der Waals surface area contributed by atoms with Crippen LogP contribution in [-0.2, 0) is 4.74 Å². The first kappa shape index (κ1) is 12.5. The van der Waals surface area contributed by atoms with Crippen molar-refractivity contribution in [2.45, 2.75) is 19.4 Å². The van der Waals surface area contributed by atoms with Crippen LogP contribution in [0.5, 0.6) is 0 Å². The van der Waals surface area contributed by atoms with E-state index in [0.717, 1.165) is 5.69 Å². The Morgan fingerprint density at radius 2 is 1.89 bits per heavy atom. The highest BCUT2D eigenvalue weighted by Gasteiger charge is 2.30. The molecule has 94 valence electrons. The molecule has 0 bridgehead atoms. The maximum absolute atomic E-state index is 12.4. The molecule has 0 amide bonds. The van der Waals surface area contributed by atoms with Crippen LogP contribution in [0.1, 0.15) is 24.3 Å². The predicted octanol–water partition coefficient (Wildman–Crippen LogP) is 2.48. The molecular weight excluding hydrogens is 228 g/mol. The quantitative estimate of drug-likeness (QED) is 0.776. The number of rotatable bonds is 4. The number of ether oxygens (including phenoxy) is 1. The van der Waals surface area contributed by atoms with Crippen LogP contribution >= 0.6 is 0 Å². The van der Waals surface area contributed by atoms with Gasteiger partial charge in [0.25, 0.3) is 0 Å². The maximum atomic E-state index is 12.4. The Labute approximate surface area is 106 Å². The number of carbonyl (C=O) groups excluding carboxylic acids is 1. The number of ketones is 1. The van der Waals surface area contributed by atoms with Gasteiger partial charge < -0.3 is 4.74 Å². The molecule has 1 aromatic heterocycles. The summed E-state index contributed by atoms with van der Waals surface area (Å²) in [7, 11) is 1.53. The van der Waals surface area contributed by atoms with Crippen LogP contribution in [0.2, 0.25) is 0 Å². The van der Waals surface area contributed by atoms with Crippen molar-refractivity contribution in [2.24, 2.45) is 0 Å². The monoisotopic (exact) mass is 244 g/mol. The fourth-order valence-corrected chi connectivity index (χ4v) is 1.65. The average Bonchev–Trinajstić information content (AvgIpc) is 2.87. The van der Waals surface area contributed by atoms with Gasteiger partial charge in [-0.3, -0.25) is 4.79 Å². The van der Waals surface area contributed by atoms with E-state index < -0.39 is 5.60 Å². The molecule has 18 heavy (non-hydrogen) atoms. The molecule has 4 nitrogen and oxygen atoms in total. The molecule has 2 aromatic rings. The lowest BCUT2D eigenvalue weighted by Gasteiger charge is -2.21. The van der Waals surface area contributed by atoms with Crippen molar-refractivity contribution in [3.63, 3.8) is 0 Å². The second kappa shape index (κ2) is 4.74. The highest BCUT2D eigenvalue weighted by atomic mass is 16.5. The summed E-state index contributed by atoms with van der Waals surface area (Å²) in [5.41, 5.74) is 0.526. The maximum Gasteiger partial charge on any atom is 0.212 e. The zero-order chi connectivity index (χ0) is 13.2. The molecule has 4 heteroatoms. The summed E-state index contributed by atoms with van der Waals surface area (Å²) < 4.78 is 6.85. The lowest BCUT2D eigenvalue weighted by Crippen LogP contribution is -2.35. The van der Waals surface area contributed by atoms with E-state index in [1.807, 2.05) is 30.3 Å². The van der Waals surface area contributed by atoms with E-state index in [1.165, 1.54) is 7.11 Å². The smallest absolute Gasteiger partial charge is 0.212 e. The summed E-state index contributed by atoms with van der Waals surface area (Å²) in [5, 5.41) is 4.20. The highest BCUT2D eigenvalue weighted by Crippen LogP contribution is 2.18. The molecule has 0 atom stereocenters. The molecule has 0 unspecified atom stereocenters. The minimum Gasteiger partial charge on any atom is -0.371 e. The first-order valence-corrected chi connectivity index (χ1v) is 5.75. The van der Waals surface area contributed by atoms with Crippen LogP contribution in [0.25, 0.3) is 5.69 Å². The lowest BCUT2D eigenvalue weighted by molar-refractivity contribution is 0.0221. The van der Waals surface area contributed by atoms with E-state index in [0.29, 0.717) is 5.69 Å². The number of aromatic nitrogens is 2. The zero-order valence-electron chi connectivity index (χ0n) is 10.8. The van der Waals surface area contributed by atoms with Gasteiger partial charge in [0.2, 0.25) is 5.78 Å². The molecule has 1 aromatic carbocycles. The normalized spacial score (nSPS) is 11.5. The van der Waals surface area contributed by atoms with Crippen molar-refractivity contribution in [3.8, 4) is 5.69 Å². The van der Waals surface area contributed by atoms with Crippen molar-refractivity contribution in [3.05, 3.63) is 48.3 Å². The minimum absolute atomic E-state index is 0.0913. The van der Waals surface area contributed by atoms with Gasteiger partial charge in [-0.15, -0.1) is 0 Å². The number of carbonyl (C=O) groups is 1. The molecule has 0 N–H and O–H groups in total.